The van der Waals surface area contributed by atoms with E-state index in [1.165, 1.54) is 24.1 Å². The molecule has 5 rings (SSSR count). The molecule has 1 unspecified atom stereocenters. The summed E-state index contributed by atoms with van der Waals surface area (Å²) in [7, 11) is 1.48. The number of benzene rings is 3. The monoisotopic (exact) mass is 631 g/mol. The van der Waals surface area contributed by atoms with E-state index in [1.54, 1.807) is 55.5 Å². The van der Waals surface area contributed by atoms with E-state index in [9.17, 15) is 22.8 Å². The molecule has 232 valence electrons. The van der Waals surface area contributed by atoms with E-state index >= 15 is 0 Å². The van der Waals surface area contributed by atoms with Gasteiger partial charge in [0.2, 0.25) is 0 Å². The van der Waals surface area contributed by atoms with Crippen LogP contribution in [0.1, 0.15) is 48.9 Å². The van der Waals surface area contributed by atoms with Crippen molar-refractivity contribution in [3.8, 4) is 11.5 Å². The van der Waals surface area contributed by atoms with Crippen LogP contribution >= 0.6 is 11.6 Å². The molecule has 2 aliphatic rings. The Kier molecular flexibility index (Phi) is 8.64. The number of fused-ring (bicyclic) bond motifs is 2. The quantitative estimate of drug-likeness (QED) is 0.138. The van der Waals surface area contributed by atoms with Crippen molar-refractivity contribution >= 4 is 40.6 Å². The van der Waals surface area contributed by atoms with Crippen LogP contribution in [0.15, 0.2) is 65.8 Å². The summed E-state index contributed by atoms with van der Waals surface area (Å²) in [5, 5.41) is 16.6. The molecule has 0 radical (unpaired) electrons. The maximum absolute atomic E-state index is 14.4. The number of carboxylic acids is 1. The number of anilines is 2. The zero-order chi connectivity index (χ0) is 31.6. The number of oxime groups is 1. The van der Waals surface area contributed by atoms with Gasteiger partial charge in [0.25, 0.3) is 5.91 Å². The van der Waals surface area contributed by atoms with Crippen LogP contribution in [-0.2, 0) is 19.8 Å². The van der Waals surface area contributed by atoms with Gasteiger partial charge < -0.3 is 29.6 Å². The third-order valence-electron chi connectivity index (χ3n) is 7.58. The Balaban J connectivity index is 1.49. The number of carboxylic acid groups (broad SMARTS) is 1. The molecule has 1 amide bonds. The smallest absolute Gasteiger partial charge is 0.497 e. The minimum atomic E-state index is -4.88. The Morgan fingerprint density at radius 3 is 2.45 bits per heavy atom. The number of alkyl halides is 3. The van der Waals surface area contributed by atoms with Crippen LogP contribution in [0.2, 0.25) is 5.02 Å². The summed E-state index contributed by atoms with van der Waals surface area (Å²) in [4.78, 5) is 31.8. The lowest BCUT2D eigenvalue weighted by Crippen LogP contribution is -2.38. The van der Waals surface area contributed by atoms with Crippen molar-refractivity contribution in [2.24, 2.45) is 5.16 Å². The maximum Gasteiger partial charge on any atom is 0.573 e. The summed E-state index contributed by atoms with van der Waals surface area (Å²) in [5.74, 6) is -1.35. The topological polar surface area (TPSA) is 110 Å². The molecule has 1 saturated carbocycles. The number of aliphatic carboxylic acids is 1. The molecular weight excluding hydrogens is 603 g/mol. The largest absolute Gasteiger partial charge is 0.573 e. The number of carbonyl (C=O) groups excluding carboxylic acids is 1. The zero-order valence-corrected chi connectivity index (χ0v) is 24.5. The number of hydrogen-bond acceptors (Lipinski definition) is 7. The van der Waals surface area contributed by atoms with E-state index in [2.05, 4.69) is 15.2 Å². The van der Waals surface area contributed by atoms with Gasteiger partial charge in [-0.25, -0.2) is 0 Å². The van der Waals surface area contributed by atoms with Gasteiger partial charge in [0.15, 0.2) is 0 Å². The van der Waals surface area contributed by atoms with Crippen LogP contribution in [0.3, 0.4) is 0 Å². The molecule has 1 aliphatic heterocycles. The van der Waals surface area contributed by atoms with Crippen LogP contribution in [0.4, 0.5) is 24.5 Å². The minimum absolute atomic E-state index is 0.108. The Labute approximate surface area is 256 Å². The van der Waals surface area contributed by atoms with Crippen molar-refractivity contribution in [2.75, 3.05) is 30.5 Å². The molecule has 0 bridgehead atoms. The molecule has 1 aliphatic carbocycles. The number of carbonyl (C=O) groups is 2. The summed E-state index contributed by atoms with van der Waals surface area (Å²) in [5.41, 5.74) is 2.98. The Morgan fingerprint density at radius 1 is 1.09 bits per heavy atom. The molecule has 2 N–H and O–H groups in total. The molecule has 1 atom stereocenters. The first-order valence-electron chi connectivity index (χ1n) is 13.7. The summed E-state index contributed by atoms with van der Waals surface area (Å²) < 4.78 is 48.7. The fourth-order valence-electron chi connectivity index (χ4n) is 5.23. The third kappa shape index (κ3) is 7.02. The van der Waals surface area contributed by atoms with Crippen LogP contribution in [-0.4, -0.2) is 49.3 Å². The van der Waals surface area contributed by atoms with E-state index in [-0.39, 0.29) is 24.3 Å². The Bertz CT molecular complexity index is 1590. The highest BCUT2D eigenvalue weighted by molar-refractivity contribution is 6.30. The number of rotatable bonds is 11. The molecule has 1 fully saturated rings. The molecule has 0 saturated heterocycles. The van der Waals surface area contributed by atoms with Crippen molar-refractivity contribution in [3.05, 3.63) is 82.4 Å². The van der Waals surface area contributed by atoms with Crippen LogP contribution in [0.25, 0.3) is 0 Å². The van der Waals surface area contributed by atoms with Gasteiger partial charge in [-0.15, -0.1) is 13.2 Å². The van der Waals surface area contributed by atoms with Crippen LogP contribution < -0.4 is 19.7 Å². The maximum atomic E-state index is 14.4. The minimum Gasteiger partial charge on any atom is -0.497 e. The van der Waals surface area contributed by atoms with Gasteiger partial charge in [-0.1, -0.05) is 35.0 Å². The fraction of sp³-hybridized carbons (Fsp3) is 0.323. The second-order valence-electron chi connectivity index (χ2n) is 10.7. The molecule has 44 heavy (non-hydrogen) atoms. The first kappa shape index (κ1) is 31.0. The molecule has 3 aromatic rings. The Hall–Kier alpha value is -4.45. The average molecular weight is 632 g/mol. The number of amides is 1. The van der Waals surface area contributed by atoms with Gasteiger partial charge in [-0.3, -0.25) is 9.59 Å². The van der Waals surface area contributed by atoms with Crippen LogP contribution in [0, 0.1) is 0 Å². The zero-order valence-electron chi connectivity index (χ0n) is 23.8. The fourth-order valence-corrected chi connectivity index (χ4v) is 5.36. The number of nitrogens with zero attached hydrogens (tertiary/aromatic N) is 2. The molecule has 1 spiro atoms. The molecular formula is C31H29ClF3N3O6. The predicted molar refractivity (Wildman–Crippen MR) is 158 cm³/mol. The summed E-state index contributed by atoms with van der Waals surface area (Å²) >= 11 is 6.14. The highest BCUT2D eigenvalue weighted by Gasteiger charge is 2.54. The highest BCUT2D eigenvalue weighted by atomic mass is 35.5. The number of halogens is 4. The number of hydrogen-bond donors (Lipinski definition) is 2. The first-order valence-corrected chi connectivity index (χ1v) is 14.1. The third-order valence-corrected chi connectivity index (χ3v) is 7.83. The SMILES string of the molecule is COc1cc(NC(C(=O)N2CC3(CC3)c3ccc(OC(F)(F)F)cc32)c2ccc(Cl)cc2)cc(/C(C)=N/OCCC(=O)O)c1. The lowest BCUT2D eigenvalue weighted by atomic mass is 9.99. The van der Waals surface area contributed by atoms with E-state index in [0.29, 0.717) is 45.5 Å². The van der Waals surface area contributed by atoms with Crippen molar-refractivity contribution in [1.29, 1.82) is 0 Å². The van der Waals surface area contributed by atoms with Gasteiger partial charge in [0.1, 0.15) is 24.1 Å². The second kappa shape index (κ2) is 12.3. The van der Waals surface area contributed by atoms with Gasteiger partial charge in [0.05, 0.1) is 24.9 Å². The van der Waals surface area contributed by atoms with Crippen LogP contribution in [0.5, 0.6) is 11.5 Å². The lowest BCUT2D eigenvalue weighted by molar-refractivity contribution is -0.274. The van der Waals surface area contributed by atoms with Crippen molar-refractivity contribution in [1.82, 2.24) is 0 Å². The van der Waals surface area contributed by atoms with Gasteiger partial charge in [0, 0.05) is 40.4 Å². The summed E-state index contributed by atoms with van der Waals surface area (Å²) in [6, 6.07) is 15.0. The van der Waals surface area contributed by atoms with Gasteiger partial charge in [-0.05, 0) is 61.2 Å². The van der Waals surface area contributed by atoms with E-state index in [0.717, 1.165) is 18.4 Å². The molecule has 9 nitrogen and oxygen atoms in total. The first-order chi connectivity index (χ1) is 20.9. The number of ether oxygens (including phenoxy) is 2. The van der Waals surface area contributed by atoms with Gasteiger partial charge in [-0.2, -0.15) is 0 Å². The highest BCUT2D eigenvalue weighted by Crippen LogP contribution is 2.57. The second-order valence-corrected chi connectivity index (χ2v) is 11.1. The van der Waals surface area contributed by atoms with Gasteiger partial charge >= 0.3 is 12.3 Å². The Morgan fingerprint density at radius 2 is 1.82 bits per heavy atom. The van der Waals surface area contributed by atoms with E-state index in [1.807, 2.05) is 0 Å². The standard InChI is InChI=1S/C31H29ClF3N3O6/c1-18(37-43-12-9-27(39)40)20-13-22(15-24(14-20)42-2)36-28(19-3-5-21(32)6-4-19)29(41)38-17-30(10-11-30)25-8-7-23(16-26(25)38)44-31(33,34)35/h3-8,13-16,28,36H,9-12,17H2,1-2H3,(H,39,40)/b37-18+. The van der Waals surface area contributed by atoms with Crippen molar-refractivity contribution in [2.45, 2.75) is 44.0 Å². The number of methoxy groups -OCH3 is 1. The van der Waals surface area contributed by atoms with Crippen molar-refractivity contribution in [3.63, 3.8) is 0 Å². The summed E-state index contributed by atoms with van der Waals surface area (Å²) in [6.07, 6.45) is -3.46. The number of nitrogens with one attached hydrogen (secondary N) is 1. The van der Waals surface area contributed by atoms with E-state index < -0.39 is 24.1 Å². The molecule has 13 heteroatoms. The van der Waals surface area contributed by atoms with E-state index in [4.69, 9.17) is 26.3 Å². The average Bonchev–Trinajstić information content (AvgIpc) is 3.69. The predicted octanol–water partition coefficient (Wildman–Crippen LogP) is 6.69. The normalized spacial score (nSPS) is 15.9. The molecule has 1 heterocycles. The molecule has 3 aromatic carbocycles. The summed E-state index contributed by atoms with van der Waals surface area (Å²) in [6.45, 7) is 1.90. The van der Waals surface area contributed by atoms with Crippen molar-refractivity contribution < 1.29 is 42.2 Å². The molecule has 0 aromatic heterocycles. The lowest BCUT2D eigenvalue weighted by Gasteiger charge is -2.27.